The lowest BCUT2D eigenvalue weighted by atomic mass is 9.95. The first kappa shape index (κ1) is 15.7. The highest BCUT2D eigenvalue weighted by molar-refractivity contribution is 7.11. The SMILES string of the molecule is CCc1ccc(CNC(=O)C(C)C(N)c2ccccc2)s1. The van der Waals surface area contributed by atoms with Crippen molar-refractivity contribution in [2.24, 2.45) is 11.7 Å². The summed E-state index contributed by atoms with van der Waals surface area (Å²) in [6.45, 7) is 4.59. The Balaban J connectivity index is 1.90. The van der Waals surface area contributed by atoms with E-state index in [1.165, 1.54) is 9.75 Å². The van der Waals surface area contributed by atoms with Gasteiger partial charge in [0.05, 0.1) is 12.5 Å². The van der Waals surface area contributed by atoms with Crippen LogP contribution in [-0.2, 0) is 17.8 Å². The standard InChI is InChI=1S/C17H22N2OS/c1-3-14-9-10-15(21-14)11-19-17(20)12(2)16(18)13-7-5-4-6-8-13/h4-10,12,16H,3,11,18H2,1-2H3,(H,19,20). The maximum atomic E-state index is 12.2. The van der Waals surface area contributed by atoms with Crippen LogP contribution in [0.15, 0.2) is 42.5 Å². The Morgan fingerprint density at radius 3 is 2.48 bits per heavy atom. The zero-order chi connectivity index (χ0) is 15.2. The summed E-state index contributed by atoms with van der Waals surface area (Å²) in [6.07, 6.45) is 1.04. The molecule has 3 N–H and O–H groups in total. The van der Waals surface area contributed by atoms with Crippen LogP contribution in [0, 0.1) is 5.92 Å². The van der Waals surface area contributed by atoms with E-state index in [1.54, 1.807) is 11.3 Å². The van der Waals surface area contributed by atoms with Crippen molar-refractivity contribution in [3.63, 3.8) is 0 Å². The maximum absolute atomic E-state index is 12.2. The normalized spacial score (nSPS) is 13.7. The molecule has 3 nitrogen and oxygen atoms in total. The van der Waals surface area contributed by atoms with Crippen LogP contribution in [-0.4, -0.2) is 5.91 Å². The molecule has 1 amide bonds. The highest BCUT2D eigenvalue weighted by atomic mass is 32.1. The number of amides is 1. The number of hydrogen-bond donors (Lipinski definition) is 2. The van der Waals surface area contributed by atoms with Gasteiger partial charge in [0, 0.05) is 15.8 Å². The quantitative estimate of drug-likeness (QED) is 0.860. The Morgan fingerprint density at radius 2 is 1.86 bits per heavy atom. The van der Waals surface area contributed by atoms with Crippen LogP contribution in [0.1, 0.15) is 35.2 Å². The van der Waals surface area contributed by atoms with Crippen molar-refractivity contribution in [2.75, 3.05) is 0 Å². The van der Waals surface area contributed by atoms with Crippen molar-refractivity contribution in [1.29, 1.82) is 0 Å². The minimum absolute atomic E-state index is 0.00204. The fourth-order valence-corrected chi connectivity index (χ4v) is 3.07. The first-order valence-electron chi connectivity index (χ1n) is 7.27. The van der Waals surface area contributed by atoms with Crippen LogP contribution >= 0.6 is 11.3 Å². The van der Waals surface area contributed by atoms with Crippen molar-refractivity contribution in [2.45, 2.75) is 32.9 Å². The lowest BCUT2D eigenvalue weighted by Gasteiger charge is -2.19. The molecule has 2 unspecified atom stereocenters. The molecule has 1 aromatic carbocycles. The van der Waals surface area contributed by atoms with Crippen LogP contribution in [0.2, 0.25) is 0 Å². The van der Waals surface area contributed by atoms with Gasteiger partial charge in [-0.3, -0.25) is 4.79 Å². The van der Waals surface area contributed by atoms with E-state index in [0.717, 1.165) is 12.0 Å². The Labute approximate surface area is 130 Å². The molecule has 0 saturated heterocycles. The molecule has 1 aromatic heterocycles. The molecule has 112 valence electrons. The zero-order valence-corrected chi connectivity index (χ0v) is 13.3. The van der Waals surface area contributed by atoms with Gasteiger partial charge < -0.3 is 11.1 Å². The molecule has 0 spiro atoms. The van der Waals surface area contributed by atoms with Crippen LogP contribution in [0.3, 0.4) is 0 Å². The lowest BCUT2D eigenvalue weighted by Crippen LogP contribution is -2.35. The lowest BCUT2D eigenvalue weighted by molar-refractivity contribution is -0.125. The maximum Gasteiger partial charge on any atom is 0.225 e. The molecule has 0 aliphatic rings. The second kappa shape index (κ2) is 7.38. The topological polar surface area (TPSA) is 55.1 Å². The minimum atomic E-state index is -0.277. The third kappa shape index (κ3) is 4.16. The molecule has 1 heterocycles. The molecule has 0 radical (unpaired) electrons. The Kier molecular flexibility index (Phi) is 5.53. The number of hydrogen-bond acceptors (Lipinski definition) is 3. The predicted molar refractivity (Wildman–Crippen MR) is 88.1 cm³/mol. The second-order valence-corrected chi connectivity index (χ2v) is 6.42. The molecule has 21 heavy (non-hydrogen) atoms. The smallest absolute Gasteiger partial charge is 0.225 e. The minimum Gasteiger partial charge on any atom is -0.351 e. The number of nitrogens with one attached hydrogen (secondary N) is 1. The van der Waals surface area contributed by atoms with Gasteiger partial charge in [-0.2, -0.15) is 0 Å². The van der Waals surface area contributed by atoms with E-state index in [1.807, 2.05) is 37.3 Å². The molecular formula is C17H22N2OS. The Hall–Kier alpha value is -1.65. The molecule has 0 saturated carbocycles. The molecule has 4 heteroatoms. The Bertz CT molecular complexity index is 579. The van der Waals surface area contributed by atoms with Crippen LogP contribution < -0.4 is 11.1 Å². The molecule has 0 aliphatic heterocycles. The summed E-state index contributed by atoms with van der Waals surface area (Å²) in [6, 6.07) is 13.7. The van der Waals surface area contributed by atoms with Crippen LogP contribution in [0.4, 0.5) is 0 Å². The first-order valence-corrected chi connectivity index (χ1v) is 8.09. The highest BCUT2D eigenvalue weighted by Gasteiger charge is 2.21. The summed E-state index contributed by atoms with van der Waals surface area (Å²) < 4.78 is 0. The molecule has 2 atom stereocenters. The molecule has 0 aliphatic carbocycles. The van der Waals surface area contributed by atoms with Crippen molar-refractivity contribution >= 4 is 17.2 Å². The third-order valence-corrected chi connectivity index (χ3v) is 4.87. The molecule has 2 aromatic rings. The number of aryl methyl sites for hydroxylation is 1. The van der Waals surface area contributed by atoms with Crippen molar-refractivity contribution in [3.05, 3.63) is 57.8 Å². The largest absolute Gasteiger partial charge is 0.351 e. The Morgan fingerprint density at radius 1 is 1.19 bits per heavy atom. The van der Waals surface area contributed by atoms with Gasteiger partial charge in [0.2, 0.25) is 5.91 Å². The van der Waals surface area contributed by atoms with E-state index in [2.05, 4.69) is 24.4 Å². The average molecular weight is 302 g/mol. The van der Waals surface area contributed by atoms with Crippen LogP contribution in [0.5, 0.6) is 0 Å². The number of carbonyl (C=O) groups is 1. The van der Waals surface area contributed by atoms with Crippen LogP contribution in [0.25, 0.3) is 0 Å². The summed E-state index contributed by atoms with van der Waals surface area (Å²) in [5.74, 6) is -0.254. The zero-order valence-electron chi connectivity index (χ0n) is 12.5. The number of carbonyl (C=O) groups excluding carboxylic acids is 1. The number of benzene rings is 1. The first-order chi connectivity index (χ1) is 10.1. The predicted octanol–water partition coefficient (Wildman–Crippen LogP) is 3.26. The summed E-state index contributed by atoms with van der Waals surface area (Å²) >= 11 is 1.75. The van der Waals surface area contributed by atoms with E-state index in [0.29, 0.717) is 6.54 Å². The molecule has 0 bridgehead atoms. The monoisotopic (exact) mass is 302 g/mol. The summed E-state index contributed by atoms with van der Waals surface area (Å²) in [4.78, 5) is 14.7. The fraction of sp³-hybridized carbons (Fsp3) is 0.353. The van der Waals surface area contributed by atoms with Gasteiger partial charge in [0.1, 0.15) is 0 Å². The van der Waals surface area contributed by atoms with E-state index in [-0.39, 0.29) is 17.9 Å². The van der Waals surface area contributed by atoms with Gasteiger partial charge in [-0.1, -0.05) is 44.2 Å². The van der Waals surface area contributed by atoms with Gasteiger partial charge in [-0.15, -0.1) is 11.3 Å². The summed E-state index contributed by atoms with van der Waals surface area (Å²) in [7, 11) is 0. The average Bonchev–Trinajstić information content (AvgIpc) is 3.00. The second-order valence-electron chi connectivity index (χ2n) is 5.16. The van der Waals surface area contributed by atoms with E-state index < -0.39 is 0 Å². The van der Waals surface area contributed by atoms with E-state index >= 15 is 0 Å². The van der Waals surface area contributed by atoms with E-state index in [4.69, 9.17) is 5.73 Å². The summed E-state index contributed by atoms with van der Waals surface area (Å²) in [5.41, 5.74) is 7.17. The molecular weight excluding hydrogens is 280 g/mol. The van der Waals surface area contributed by atoms with Gasteiger partial charge in [0.25, 0.3) is 0 Å². The number of nitrogens with two attached hydrogens (primary N) is 1. The van der Waals surface area contributed by atoms with Gasteiger partial charge in [-0.05, 0) is 24.1 Å². The van der Waals surface area contributed by atoms with Gasteiger partial charge in [-0.25, -0.2) is 0 Å². The highest BCUT2D eigenvalue weighted by Crippen LogP contribution is 2.20. The number of thiophene rings is 1. The summed E-state index contributed by atoms with van der Waals surface area (Å²) in [5, 5.41) is 2.98. The van der Waals surface area contributed by atoms with Crippen molar-refractivity contribution < 1.29 is 4.79 Å². The number of rotatable bonds is 6. The van der Waals surface area contributed by atoms with Gasteiger partial charge in [0.15, 0.2) is 0 Å². The fourth-order valence-electron chi connectivity index (χ4n) is 2.17. The van der Waals surface area contributed by atoms with Crippen molar-refractivity contribution in [3.8, 4) is 0 Å². The van der Waals surface area contributed by atoms with Gasteiger partial charge >= 0.3 is 0 Å². The third-order valence-electron chi connectivity index (χ3n) is 3.64. The van der Waals surface area contributed by atoms with E-state index in [9.17, 15) is 4.79 Å². The molecule has 0 fully saturated rings. The van der Waals surface area contributed by atoms with Crippen molar-refractivity contribution in [1.82, 2.24) is 5.32 Å². The molecule has 2 rings (SSSR count).